The quantitative estimate of drug-likeness (QED) is 0.569. The molecule has 1 aromatic heterocycles. The van der Waals surface area contributed by atoms with E-state index in [0.717, 1.165) is 28.3 Å². The lowest BCUT2D eigenvalue weighted by Crippen LogP contribution is -2.03. The molecule has 0 unspecified atom stereocenters. The Morgan fingerprint density at radius 1 is 1.12 bits per heavy atom. The summed E-state index contributed by atoms with van der Waals surface area (Å²) in [6.45, 7) is 1.97. The number of nitrogens with zero attached hydrogens (tertiary/aromatic N) is 2. The van der Waals surface area contributed by atoms with Crippen molar-refractivity contribution in [2.75, 3.05) is 0 Å². The Bertz CT molecular complexity index is 944. The molecule has 0 atom stereocenters. The van der Waals surface area contributed by atoms with E-state index in [1.54, 1.807) is 12.1 Å². The zero-order valence-electron chi connectivity index (χ0n) is 13.0. The van der Waals surface area contributed by atoms with Crippen LogP contribution in [-0.2, 0) is 6.42 Å². The lowest BCUT2D eigenvalue weighted by Gasteiger charge is -2.15. The largest absolute Gasteiger partial charge is 0.300 e. The van der Waals surface area contributed by atoms with Crippen molar-refractivity contribution in [3.05, 3.63) is 88.2 Å². The van der Waals surface area contributed by atoms with Crippen LogP contribution < -0.4 is 0 Å². The van der Waals surface area contributed by atoms with E-state index >= 15 is 0 Å². The van der Waals surface area contributed by atoms with Gasteiger partial charge in [-0.15, -0.1) is 12.4 Å². The molecular weight excluding hydrogens is 346 g/mol. The molecule has 0 N–H and O–H groups in total. The minimum Gasteiger partial charge on any atom is -0.300 e. The average molecular weight is 361 g/mol. The summed E-state index contributed by atoms with van der Waals surface area (Å²) in [5.74, 6) is 0.679. The number of hydrogen-bond donors (Lipinski definition) is 0. The maximum Gasteiger partial charge on any atom is 0.131 e. The van der Waals surface area contributed by atoms with E-state index in [0.29, 0.717) is 17.0 Å². The third kappa shape index (κ3) is 2.64. The van der Waals surface area contributed by atoms with Gasteiger partial charge in [0.25, 0.3) is 0 Å². The number of allylic oxidation sites excluding steroid dienone is 1. The first kappa shape index (κ1) is 16.7. The van der Waals surface area contributed by atoms with Crippen LogP contribution in [0, 0.1) is 12.7 Å². The van der Waals surface area contributed by atoms with Gasteiger partial charge in [-0.05, 0) is 36.8 Å². The van der Waals surface area contributed by atoms with E-state index in [1.165, 1.54) is 6.07 Å². The number of halogens is 3. The van der Waals surface area contributed by atoms with Crippen LogP contribution in [0.2, 0.25) is 5.02 Å². The SMILES string of the molecule is Cc1ncc2n1-c1ccc(Cl)cc1C(c1ccccc1F)=CC2.Cl. The van der Waals surface area contributed by atoms with Crippen LogP contribution in [0.5, 0.6) is 0 Å². The maximum atomic E-state index is 14.3. The van der Waals surface area contributed by atoms with Gasteiger partial charge in [-0.3, -0.25) is 0 Å². The standard InChI is InChI=1S/C19H14ClFN2.ClH/c1-12-22-11-14-7-8-15(16-4-2-3-5-18(16)21)17-10-13(20)6-9-19(17)23(12)14;/h2-6,8-11H,7H2,1H3;1H. The summed E-state index contributed by atoms with van der Waals surface area (Å²) in [7, 11) is 0. The van der Waals surface area contributed by atoms with Gasteiger partial charge in [-0.2, -0.15) is 0 Å². The van der Waals surface area contributed by atoms with E-state index in [1.807, 2.05) is 43.5 Å². The van der Waals surface area contributed by atoms with Gasteiger partial charge in [-0.25, -0.2) is 9.37 Å². The molecule has 0 saturated carbocycles. The molecule has 4 rings (SSSR count). The summed E-state index contributed by atoms with van der Waals surface area (Å²) in [6, 6.07) is 12.6. The van der Waals surface area contributed by atoms with Crippen LogP contribution in [0.1, 0.15) is 22.6 Å². The topological polar surface area (TPSA) is 17.8 Å². The molecule has 0 bridgehead atoms. The van der Waals surface area contributed by atoms with Gasteiger partial charge in [0.05, 0.1) is 5.69 Å². The summed E-state index contributed by atoms with van der Waals surface area (Å²) in [4.78, 5) is 4.40. The van der Waals surface area contributed by atoms with Crippen molar-refractivity contribution >= 4 is 29.6 Å². The Balaban J connectivity index is 0.00000169. The predicted octanol–water partition coefficient (Wildman–Crippen LogP) is 5.38. The highest BCUT2D eigenvalue weighted by Gasteiger charge is 2.20. The van der Waals surface area contributed by atoms with Crippen LogP contribution in [0.25, 0.3) is 11.3 Å². The first-order valence-corrected chi connectivity index (χ1v) is 7.81. The second kappa shape index (κ2) is 6.42. The second-order valence-electron chi connectivity index (χ2n) is 5.60. The van der Waals surface area contributed by atoms with Crippen LogP contribution in [-0.4, -0.2) is 9.55 Å². The molecule has 2 aromatic carbocycles. The third-order valence-corrected chi connectivity index (χ3v) is 4.42. The van der Waals surface area contributed by atoms with E-state index in [4.69, 9.17) is 11.6 Å². The number of hydrogen-bond acceptors (Lipinski definition) is 1. The number of benzene rings is 2. The van der Waals surface area contributed by atoms with Crippen molar-refractivity contribution in [3.8, 4) is 5.69 Å². The molecule has 24 heavy (non-hydrogen) atoms. The summed E-state index contributed by atoms with van der Waals surface area (Å²) in [5.41, 5.74) is 4.43. The van der Waals surface area contributed by atoms with Crippen molar-refractivity contribution in [1.29, 1.82) is 0 Å². The summed E-state index contributed by atoms with van der Waals surface area (Å²) < 4.78 is 16.4. The molecule has 0 aliphatic carbocycles. The van der Waals surface area contributed by atoms with E-state index in [-0.39, 0.29) is 18.2 Å². The molecule has 0 amide bonds. The van der Waals surface area contributed by atoms with Crippen LogP contribution in [0.15, 0.2) is 54.7 Å². The van der Waals surface area contributed by atoms with Crippen molar-refractivity contribution in [2.45, 2.75) is 13.3 Å². The van der Waals surface area contributed by atoms with Gasteiger partial charge in [0.15, 0.2) is 0 Å². The Morgan fingerprint density at radius 3 is 2.71 bits per heavy atom. The smallest absolute Gasteiger partial charge is 0.131 e. The number of fused-ring (bicyclic) bond motifs is 3. The van der Waals surface area contributed by atoms with Gasteiger partial charge in [-0.1, -0.05) is 35.9 Å². The van der Waals surface area contributed by atoms with Gasteiger partial charge >= 0.3 is 0 Å². The predicted molar refractivity (Wildman–Crippen MR) is 97.7 cm³/mol. The Labute approximate surface area is 151 Å². The highest BCUT2D eigenvalue weighted by molar-refractivity contribution is 6.30. The molecule has 0 radical (unpaired) electrons. The van der Waals surface area contributed by atoms with Gasteiger partial charge in [0, 0.05) is 34.5 Å². The lowest BCUT2D eigenvalue weighted by molar-refractivity contribution is 0.624. The molecule has 5 heteroatoms. The first-order chi connectivity index (χ1) is 11.1. The van der Waals surface area contributed by atoms with Crippen LogP contribution in [0.3, 0.4) is 0 Å². The Morgan fingerprint density at radius 2 is 1.92 bits per heavy atom. The van der Waals surface area contributed by atoms with E-state index in [2.05, 4.69) is 9.55 Å². The minimum atomic E-state index is -0.230. The number of rotatable bonds is 1. The first-order valence-electron chi connectivity index (χ1n) is 7.44. The molecular formula is C19H15Cl2FN2. The normalized spacial score (nSPS) is 12.5. The number of imidazole rings is 1. The third-order valence-electron chi connectivity index (χ3n) is 4.18. The Kier molecular flexibility index (Phi) is 4.48. The summed E-state index contributed by atoms with van der Waals surface area (Å²) in [5, 5.41) is 0.632. The molecule has 0 fully saturated rings. The average Bonchev–Trinajstić information content (AvgIpc) is 2.82. The number of aromatic nitrogens is 2. The zero-order valence-corrected chi connectivity index (χ0v) is 14.5. The van der Waals surface area contributed by atoms with Crippen molar-refractivity contribution in [1.82, 2.24) is 9.55 Å². The monoisotopic (exact) mass is 360 g/mol. The van der Waals surface area contributed by atoms with Gasteiger partial charge < -0.3 is 4.57 Å². The minimum absolute atomic E-state index is 0. The lowest BCUT2D eigenvalue weighted by atomic mass is 9.95. The van der Waals surface area contributed by atoms with Crippen molar-refractivity contribution in [2.24, 2.45) is 0 Å². The maximum absolute atomic E-state index is 14.3. The zero-order chi connectivity index (χ0) is 16.0. The van der Waals surface area contributed by atoms with Crippen LogP contribution in [0.4, 0.5) is 4.39 Å². The molecule has 122 valence electrons. The highest BCUT2D eigenvalue weighted by Crippen LogP contribution is 2.35. The second-order valence-corrected chi connectivity index (χ2v) is 6.03. The van der Waals surface area contributed by atoms with Gasteiger partial charge in [0.2, 0.25) is 0 Å². The fourth-order valence-electron chi connectivity index (χ4n) is 3.13. The Hall–Kier alpha value is -2.10. The van der Waals surface area contributed by atoms with Crippen molar-refractivity contribution in [3.63, 3.8) is 0 Å². The fraction of sp³-hybridized carbons (Fsp3) is 0.105. The number of aryl methyl sites for hydroxylation is 1. The molecule has 1 aliphatic rings. The highest BCUT2D eigenvalue weighted by atomic mass is 35.5. The van der Waals surface area contributed by atoms with E-state index in [9.17, 15) is 4.39 Å². The van der Waals surface area contributed by atoms with Gasteiger partial charge in [0.1, 0.15) is 11.6 Å². The molecule has 2 nitrogen and oxygen atoms in total. The van der Waals surface area contributed by atoms with Crippen LogP contribution >= 0.6 is 24.0 Å². The molecule has 1 aliphatic heterocycles. The summed E-state index contributed by atoms with van der Waals surface area (Å²) >= 11 is 6.22. The fourth-order valence-corrected chi connectivity index (χ4v) is 3.31. The van der Waals surface area contributed by atoms with Crippen molar-refractivity contribution < 1.29 is 4.39 Å². The summed E-state index contributed by atoms with van der Waals surface area (Å²) in [6.07, 6.45) is 4.61. The molecule has 3 aromatic rings. The molecule has 0 saturated heterocycles. The molecule has 0 spiro atoms. The molecule has 2 heterocycles. The van der Waals surface area contributed by atoms with E-state index < -0.39 is 0 Å².